The van der Waals surface area contributed by atoms with E-state index in [2.05, 4.69) is 15.4 Å². The number of urea groups is 1. The van der Waals surface area contributed by atoms with Crippen molar-refractivity contribution in [2.45, 2.75) is 0 Å². The van der Waals surface area contributed by atoms with E-state index in [-0.39, 0.29) is 19.1 Å². The lowest BCUT2D eigenvalue weighted by Crippen LogP contribution is -2.41. The Labute approximate surface area is 87.8 Å². The maximum Gasteiger partial charge on any atom is 0.396 e. The number of rotatable bonds is 3. The normalized spacial score (nSPS) is 9.00. The average molecular weight is 217 g/mol. The Bertz CT molecular complexity index is 252. The number of amides is 3. The molecule has 0 rings (SSSR count). The van der Waals surface area contributed by atoms with E-state index in [0.29, 0.717) is 0 Å². The molecule has 0 fully saturated rings. The number of ether oxygens (including phenoxy) is 1. The van der Waals surface area contributed by atoms with Crippen molar-refractivity contribution in [1.29, 1.82) is 0 Å². The van der Waals surface area contributed by atoms with Crippen LogP contribution >= 0.6 is 0 Å². The summed E-state index contributed by atoms with van der Waals surface area (Å²) in [5.41, 5.74) is 0. The van der Waals surface area contributed by atoms with Crippen molar-refractivity contribution >= 4 is 17.9 Å². The summed E-state index contributed by atoms with van der Waals surface area (Å²) in [4.78, 5) is 33.8. The van der Waals surface area contributed by atoms with Gasteiger partial charge in [-0.1, -0.05) is 0 Å². The zero-order valence-corrected chi connectivity index (χ0v) is 8.99. The largest absolute Gasteiger partial charge is 0.462 e. The molecular formula is C8H15N3O4. The van der Waals surface area contributed by atoms with Crippen LogP contribution in [0.15, 0.2) is 0 Å². The van der Waals surface area contributed by atoms with Crippen molar-refractivity contribution in [1.82, 2.24) is 15.5 Å². The summed E-state index contributed by atoms with van der Waals surface area (Å²) < 4.78 is 4.18. The molecule has 0 aliphatic heterocycles. The van der Waals surface area contributed by atoms with Crippen LogP contribution < -0.4 is 10.6 Å². The number of esters is 1. The van der Waals surface area contributed by atoms with Crippen molar-refractivity contribution in [3.63, 3.8) is 0 Å². The first-order chi connectivity index (χ1) is 6.99. The van der Waals surface area contributed by atoms with Gasteiger partial charge in [0.15, 0.2) is 0 Å². The zero-order chi connectivity index (χ0) is 11.8. The molecule has 0 bridgehead atoms. The Kier molecular flexibility index (Phi) is 5.84. The Balaban J connectivity index is 3.59. The predicted molar refractivity (Wildman–Crippen MR) is 52.1 cm³/mol. The molecule has 0 aliphatic rings. The van der Waals surface area contributed by atoms with Gasteiger partial charge in [0, 0.05) is 27.2 Å². The molecule has 0 saturated heterocycles. The van der Waals surface area contributed by atoms with Gasteiger partial charge in [-0.3, -0.25) is 4.79 Å². The molecule has 7 heteroatoms. The van der Waals surface area contributed by atoms with E-state index < -0.39 is 11.9 Å². The summed E-state index contributed by atoms with van der Waals surface area (Å²) in [5, 5.41) is 4.80. The number of methoxy groups -OCH3 is 1. The van der Waals surface area contributed by atoms with Crippen LogP contribution in [0.25, 0.3) is 0 Å². The fourth-order valence-electron chi connectivity index (χ4n) is 0.668. The smallest absolute Gasteiger partial charge is 0.396 e. The second kappa shape index (κ2) is 6.63. The van der Waals surface area contributed by atoms with Crippen LogP contribution in [-0.2, 0) is 14.3 Å². The molecule has 0 saturated carbocycles. The molecule has 0 aromatic rings. The Morgan fingerprint density at radius 3 is 2.13 bits per heavy atom. The Morgan fingerprint density at radius 2 is 1.67 bits per heavy atom. The number of hydrogen-bond acceptors (Lipinski definition) is 4. The third-order valence-electron chi connectivity index (χ3n) is 1.46. The quantitative estimate of drug-likeness (QED) is 0.344. The monoisotopic (exact) mass is 217 g/mol. The van der Waals surface area contributed by atoms with Crippen LogP contribution in [0.5, 0.6) is 0 Å². The van der Waals surface area contributed by atoms with Crippen molar-refractivity contribution in [3.8, 4) is 0 Å². The van der Waals surface area contributed by atoms with Gasteiger partial charge < -0.3 is 20.3 Å². The number of nitrogens with one attached hydrogen (secondary N) is 2. The van der Waals surface area contributed by atoms with E-state index in [1.165, 1.54) is 4.90 Å². The van der Waals surface area contributed by atoms with Gasteiger partial charge in [0.25, 0.3) is 0 Å². The molecule has 7 nitrogen and oxygen atoms in total. The number of hydrogen-bond donors (Lipinski definition) is 2. The van der Waals surface area contributed by atoms with Gasteiger partial charge in [-0.05, 0) is 0 Å². The lowest BCUT2D eigenvalue weighted by Gasteiger charge is -2.11. The van der Waals surface area contributed by atoms with E-state index in [0.717, 1.165) is 7.11 Å². The molecule has 3 amide bonds. The van der Waals surface area contributed by atoms with Crippen LogP contribution in [-0.4, -0.2) is 57.1 Å². The molecular weight excluding hydrogens is 202 g/mol. The van der Waals surface area contributed by atoms with Crippen LogP contribution in [0.2, 0.25) is 0 Å². The summed E-state index contributed by atoms with van der Waals surface area (Å²) in [6, 6.07) is -0.262. The topological polar surface area (TPSA) is 87.7 Å². The van der Waals surface area contributed by atoms with Crippen molar-refractivity contribution < 1.29 is 19.1 Å². The SMILES string of the molecule is COC(=O)C(=O)NCCNC(=O)N(C)C. The highest BCUT2D eigenvalue weighted by molar-refractivity contribution is 6.32. The van der Waals surface area contributed by atoms with Gasteiger partial charge in [0.2, 0.25) is 0 Å². The molecule has 0 aliphatic carbocycles. The van der Waals surface area contributed by atoms with Gasteiger partial charge in [0.05, 0.1) is 7.11 Å². The molecule has 0 aromatic carbocycles. The third kappa shape index (κ3) is 5.50. The van der Waals surface area contributed by atoms with Crippen LogP contribution in [0.3, 0.4) is 0 Å². The average Bonchev–Trinajstić information content (AvgIpc) is 2.22. The first-order valence-corrected chi connectivity index (χ1v) is 4.30. The van der Waals surface area contributed by atoms with Crippen molar-refractivity contribution in [3.05, 3.63) is 0 Å². The van der Waals surface area contributed by atoms with Crippen molar-refractivity contribution in [2.24, 2.45) is 0 Å². The van der Waals surface area contributed by atoms with Gasteiger partial charge in [-0.2, -0.15) is 0 Å². The fraction of sp³-hybridized carbons (Fsp3) is 0.625. The maximum absolute atomic E-state index is 11.0. The highest BCUT2D eigenvalue weighted by Crippen LogP contribution is 1.76. The first-order valence-electron chi connectivity index (χ1n) is 4.30. The molecule has 0 unspecified atom stereocenters. The number of carbonyl (C=O) groups is 3. The minimum Gasteiger partial charge on any atom is -0.462 e. The molecule has 15 heavy (non-hydrogen) atoms. The summed E-state index contributed by atoms with van der Waals surface area (Å²) >= 11 is 0. The molecule has 0 radical (unpaired) electrons. The number of nitrogens with zero attached hydrogens (tertiary/aromatic N) is 1. The van der Waals surface area contributed by atoms with E-state index in [4.69, 9.17) is 0 Å². The molecule has 2 N–H and O–H groups in total. The van der Waals surface area contributed by atoms with E-state index in [1.54, 1.807) is 14.1 Å². The van der Waals surface area contributed by atoms with Crippen molar-refractivity contribution in [2.75, 3.05) is 34.3 Å². The van der Waals surface area contributed by atoms with E-state index in [9.17, 15) is 14.4 Å². The second-order valence-corrected chi connectivity index (χ2v) is 2.87. The van der Waals surface area contributed by atoms with Gasteiger partial charge in [-0.15, -0.1) is 0 Å². The fourth-order valence-corrected chi connectivity index (χ4v) is 0.668. The number of carbonyl (C=O) groups excluding carboxylic acids is 3. The Morgan fingerprint density at radius 1 is 1.13 bits per heavy atom. The molecule has 0 heterocycles. The highest BCUT2D eigenvalue weighted by atomic mass is 16.5. The van der Waals surface area contributed by atoms with Gasteiger partial charge in [-0.25, -0.2) is 9.59 Å². The summed E-state index contributed by atoms with van der Waals surface area (Å²) in [6.45, 7) is 0.424. The molecule has 86 valence electrons. The standard InChI is InChI=1S/C8H15N3O4/c1-11(2)8(14)10-5-4-9-6(12)7(13)15-3/h4-5H2,1-3H3,(H,9,12)(H,10,14). The lowest BCUT2D eigenvalue weighted by molar-refractivity contribution is -0.152. The zero-order valence-electron chi connectivity index (χ0n) is 8.99. The molecule has 0 atom stereocenters. The van der Waals surface area contributed by atoms with Crippen LogP contribution in [0, 0.1) is 0 Å². The van der Waals surface area contributed by atoms with Gasteiger partial charge >= 0.3 is 17.9 Å². The third-order valence-corrected chi connectivity index (χ3v) is 1.46. The van der Waals surface area contributed by atoms with E-state index in [1.807, 2.05) is 0 Å². The predicted octanol–water partition coefficient (Wildman–Crippen LogP) is -1.45. The maximum atomic E-state index is 11.0. The Hall–Kier alpha value is -1.79. The lowest BCUT2D eigenvalue weighted by atomic mass is 10.5. The summed E-state index contributed by atoms with van der Waals surface area (Å²) in [7, 11) is 4.32. The highest BCUT2D eigenvalue weighted by Gasteiger charge is 2.12. The van der Waals surface area contributed by atoms with E-state index >= 15 is 0 Å². The minimum atomic E-state index is -0.950. The summed E-state index contributed by atoms with van der Waals surface area (Å²) in [5.74, 6) is -1.77. The molecule has 0 aromatic heterocycles. The minimum absolute atomic E-state index is 0.174. The molecule has 0 spiro atoms. The van der Waals surface area contributed by atoms with Crippen LogP contribution in [0.1, 0.15) is 0 Å². The van der Waals surface area contributed by atoms with Crippen LogP contribution in [0.4, 0.5) is 4.79 Å². The first kappa shape index (κ1) is 13.2. The van der Waals surface area contributed by atoms with Gasteiger partial charge in [0.1, 0.15) is 0 Å². The summed E-state index contributed by atoms with van der Waals surface area (Å²) in [6.07, 6.45) is 0. The second-order valence-electron chi connectivity index (χ2n) is 2.87.